The highest BCUT2D eigenvalue weighted by Crippen LogP contribution is 2.25. The Morgan fingerprint density at radius 2 is 1.55 bits per heavy atom. The summed E-state index contributed by atoms with van der Waals surface area (Å²) in [4.78, 5) is 36.2. The molecule has 2 aromatic carbocycles. The van der Waals surface area contributed by atoms with Crippen LogP contribution in [0.4, 0.5) is 0 Å². The average molecular weight is 415 g/mol. The van der Waals surface area contributed by atoms with Crippen molar-refractivity contribution in [2.45, 2.75) is 33.2 Å². The van der Waals surface area contributed by atoms with E-state index in [0.29, 0.717) is 23.5 Å². The predicted octanol–water partition coefficient (Wildman–Crippen LogP) is 3.93. The van der Waals surface area contributed by atoms with Crippen molar-refractivity contribution in [2.75, 3.05) is 13.1 Å². The molecular weight excluding hydrogens is 388 g/mol. The smallest absolute Gasteiger partial charge is 0.253 e. The third-order valence-corrected chi connectivity index (χ3v) is 5.51. The fourth-order valence-electron chi connectivity index (χ4n) is 3.69. The lowest BCUT2D eigenvalue weighted by Crippen LogP contribution is -2.28. The minimum atomic E-state index is -0.231. The minimum absolute atomic E-state index is 0.0209. The van der Waals surface area contributed by atoms with Gasteiger partial charge in [-0.25, -0.2) is 9.97 Å². The summed E-state index contributed by atoms with van der Waals surface area (Å²) in [5.74, 6) is 0.434. The van der Waals surface area contributed by atoms with Gasteiger partial charge >= 0.3 is 0 Å². The molecule has 1 fully saturated rings. The summed E-state index contributed by atoms with van der Waals surface area (Å²) in [5, 5.41) is 2.91. The Balaban J connectivity index is 1.63. The van der Waals surface area contributed by atoms with Crippen LogP contribution >= 0.6 is 0 Å². The highest BCUT2D eigenvalue weighted by atomic mass is 16.2. The molecular formula is C25H26N4O2. The van der Waals surface area contributed by atoms with Gasteiger partial charge in [-0.2, -0.15) is 0 Å². The number of carbonyl (C=O) groups excluding carboxylic acids is 2. The highest BCUT2D eigenvalue weighted by Gasteiger charge is 2.21. The molecule has 0 aliphatic carbocycles. The number of aromatic nitrogens is 2. The molecule has 6 nitrogen and oxygen atoms in total. The molecule has 3 aromatic rings. The maximum Gasteiger partial charge on any atom is 0.253 e. The van der Waals surface area contributed by atoms with Crippen LogP contribution in [0.25, 0.3) is 11.1 Å². The van der Waals surface area contributed by atoms with Crippen molar-refractivity contribution >= 4 is 11.8 Å². The number of nitrogens with zero attached hydrogens (tertiary/aromatic N) is 3. The molecule has 31 heavy (non-hydrogen) atoms. The number of hydrogen-bond acceptors (Lipinski definition) is 4. The van der Waals surface area contributed by atoms with Crippen LogP contribution in [-0.2, 0) is 6.54 Å². The van der Waals surface area contributed by atoms with Crippen molar-refractivity contribution in [2.24, 2.45) is 0 Å². The van der Waals surface area contributed by atoms with Crippen LogP contribution in [0.2, 0.25) is 0 Å². The number of aryl methyl sites for hydroxylation is 2. The van der Waals surface area contributed by atoms with E-state index < -0.39 is 0 Å². The van der Waals surface area contributed by atoms with Gasteiger partial charge in [0.15, 0.2) is 0 Å². The van der Waals surface area contributed by atoms with E-state index in [4.69, 9.17) is 0 Å². The van der Waals surface area contributed by atoms with Gasteiger partial charge in [-0.1, -0.05) is 29.8 Å². The SMILES string of the molecule is Cc1ccc(-c2cc(C(=O)NCc3cnc(C)nc3)cc(C(=O)N3CCCC3)c2)cc1. The van der Waals surface area contributed by atoms with E-state index in [0.717, 1.165) is 48.2 Å². The first-order valence-electron chi connectivity index (χ1n) is 10.6. The van der Waals surface area contributed by atoms with Crippen molar-refractivity contribution in [3.8, 4) is 11.1 Å². The van der Waals surface area contributed by atoms with Crippen molar-refractivity contribution in [1.29, 1.82) is 0 Å². The largest absolute Gasteiger partial charge is 0.348 e. The number of rotatable bonds is 5. The van der Waals surface area contributed by atoms with Crippen molar-refractivity contribution < 1.29 is 9.59 Å². The predicted molar refractivity (Wildman–Crippen MR) is 120 cm³/mol. The molecule has 2 amide bonds. The van der Waals surface area contributed by atoms with E-state index in [1.54, 1.807) is 18.5 Å². The van der Waals surface area contributed by atoms with Gasteiger partial charge in [0, 0.05) is 48.7 Å². The maximum atomic E-state index is 13.0. The standard InChI is InChI=1S/C25H26N4O2/c1-17-5-7-20(8-6-17)21-11-22(13-23(12-21)25(31)29-9-3-4-10-29)24(30)28-16-19-14-26-18(2)27-15-19/h5-8,11-15H,3-4,9-10,16H2,1-2H3,(H,28,30). The normalized spacial score (nSPS) is 13.3. The Labute approximate surface area is 182 Å². The molecule has 0 saturated carbocycles. The first kappa shape index (κ1) is 20.7. The van der Waals surface area contributed by atoms with Gasteiger partial charge in [-0.05, 0) is 56.0 Å². The van der Waals surface area contributed by atoms with Crippen LogP contribution in [0.5, 0.6) is 0 Å². The van der Waals surface area contributed by atoms with Crippen molar-refractivity contribution in [3.63, 3.8) is 0 Å². The van der Waals surface area contributed by atoms with Gasteiger partial charge in [0.25, 0.3) is 11.8 Å². The molecule has 158 valence electrons. The zero-order chi connectivity index (χ0) is 21.8. The second-order valence-electron chi connectivity index (χ2n) is 7.99. The summed E-state index contributed by atoms with van der Waals surface area (Å²) >= 11 is 0. The molecule has 1 saturated heterocycles. The molecule has 2 heterocycles. The second kappa shape index (κ2) is 9.08. The molecule has 0 atom stereocenters. The summed E-state index contributed by atoms with van der Waals surface area (Å²) in [6, 6.07) is 13.5. The number of hydrogen-bond donors (Lipinski definition) is 1. The highest BCUT2D eigenvalue weighted by molar-refractivity contribution is 6.01. The van der Waals surface area contributed by atoms with Crippen LogP contribution in [0.15, 0.2) is 54.9 Å². The number of carbonyl (C=O) groups is 2. The summed E-state index contributed by atoms with van der Waals surface area (Å²) < 4.78 is 0. The van der Waals surface area contributed by atoms with E-state index >= 15 is 0 Å². The molecule has 0 radical (unpaired) electrons. The van der Waals surface area contributed by atoms with Gasteiger partial charge in [-0.15, -0.1) is 0 Å². The van der Waals surface area contributed by atoms with Crippen LogP contribution in [0, 0.1) is 13.8 Å². The number of likely N-dealkylation sites (tertiary alicyclic amines) is 1. The Hall–Kier alpha value is -3.54. The van der Waals surface area contributed by atoms with Crippen LogP contribution < -0.4 is 5.32 Å². The third kappa shape index (κ3) is 4.97. The molecule has 1 N–H and O–H groups in total. The fraction of sp³-hybridized carbons (Fsp3) is 0.280. The van der Waals surface area contributed by atoms with E-state index in [2.05, 4.69) is 15.3 Å². The molecule has 6 heteroatoms. The lowest BCUT2D eigenvalue weighted by Gasteiger charge is -2.17. The number of nitrogens with one attached hydrogen (secondary N) is 1. The lowest BCUT2D eigenvalue weighted by atomic mass is 9.98. The average Bonchev–Trinajstić information content (AvgIpc) is 3.33. The minimum Gasteiger partial charge on any atom is -0.348 e. The maximum absolute atomic E-state index is 13.0. The van der Waals surface area contributed by atoms with Crippen LogP contribution in [0.3, 0.4) is 0 Å². The quantitative estimate of drug-likeness (QED) is 0.687. The second-order valence-corrected chi connectivity index (χ2v) is 7.99. The zero-order valence-electron chi connectivity index (χ0n) is 17.9. The molecule has 1 aromatic heterocycles. The van der Waals surface area contributed by atoms with Gasteiger partial charge < -0.3 is 10.2 Å². The van der Waals surface area contributed by atoms with Crippen molar-refractivity contribution in [3.05, 3.63) is 82.9 Å². The fourth-order valence-corrected chi connectivity index (χ4v) is 3.69. The molecule has 1 aliphatic heterocycles. The van der Waals surface area contributed by atoms with Crippen molar-refractivity contribution in [1.82, 2.24) is 20.2 Å². The topological polar surface area (TPSA) is 75.2 Å². The van der Waals surface area contributed by atoms with E-state index in [1.807, 2.05) is 55.1 Å². The third-order valence-electron chi connectivity index (χ3n) is 5.51. The van der Waals surface area contributed by atoms with Gasteiger partial charge in [0.2, 0.25) is 0 Å². The monoisotopic (exact) mass is 414 g/mol. The summed E-state index contributed by atoms with van der Waals surface area (Å²) in [7, 11) is 0. The van der Waals surface area contributed by atoms with Crippen LogP contribution in [-0.4, -0.2) is 39.8 Å². The summed E-state index contributed by atoms with van der Waals surface area (Å²) in [6.45, 7) is 5.71. The molecule has 0 unspecified atom stereocenters. The van der Waals surface area contributed by atoms with Gasteiger partial charge in [0.05, 0.1) is 0 Å². The molecule has 1 aliphatic rings. The Morgan fingerprint density at radius 3 is 2.23 bits per heavy atom. The Bertz CT molecular complexity index is 1090. The van der Waals surface area contributed by atoms with E-state index in [-0.39, 0.29) is 11.8 Å². The Kier molecular flexibility index (Phi) is 6.07. The van der Waals surface area contributed by atoms with Gasteiger partial charge in [-0.3, -0.25) is 9.59 Å². The van der Waals surface area contributed by atoms with Crippen LogP contribution in [0.1, 0.15) is 50.5 Å². The van der Waals surface area contributed by atoms with E-state index in [1.165, 1.54) is 0 Å². The zero-order valence-corrected chi connectivity index (χ0v) is 17.9. The van der Waals surface area contributed by atoms with Gasteiger partial charge in [0.1, 0.15) is 5.82 Å². The first-order valence-corrected chi connectivity index (χ1v) is 10.6. The lowest BCUT2D eigenvalue weighted by molar-refractivity contribution is 0.0793. The Morgan fingerprint density at radius 1 is 0.903 bits per heavy atom. The summed E-state index contributed by atoms with van der Waals surface area (Å²) in [5.41, 5.74) is 4.82. The molecule has 4 rings (SSSR count). The van der Waals surface area contributed by atoms with E-state index in [9.17, 15) is 9.59 Å². The summed E-state index contributed by atoms with van der Waals surface area (Å²) in [6.07, 6.45) is 5.45. The number of amides is 2. The molecule has 0 bridgehead atoms. The molecule has 0 spiro atoms. The number of benzene rings is 2. The first-order chi connectivity index (χ1) is 15.0.